The number of benzene rings is 1. The SMILES string of the molecule is Cc1csc(Sc2ccc(C(=O)O[C@H](C)C(=O)NC3CC3)cc2[N+](=O)[O-])n1. The van der Waals surface area contributed by atoms with E-state index in [0.29, 0.717) is 9.24 Å². The average molecular weight is 407 g/mol. The van der Waals surface area contributed by atoms with Gasteiger partial charge in [-0.3, -0.25) is 14.9 Å². The molecule has 1 heterocycles. The number of ether oxygens (including phenoxy) is 1. The molecule has 0 unspecified atom stereocenters. The van der Waals surface area contributed by atoms with Crippen LogP contribution < -0.4 is 5.32 Å². The molecule has 1 N–H and O–H groups in total. The van der Waals surface area contributed by atoms with Gasteiger partial charge in [-0.1, -0.05) is 11.8 Å². The maximum Gasteiger partial charge on any atom is 0.339 e. The summed E-state index contributed by atoms with van der Waals surface area (Å²) in [4.78, 5) is 39.7. The largest absolute Gasteiger partial charge is 0.449 e. The summed E-state index contributed by atoms with van der Waals surface area (Å²) in [5.74, 6) is -1.15. The highest BCUT2D eigenvalue weighted by atomic mass is 32.2. The molecule has 0 spiro atoms. The molecule has 1 aromatic heterocycles. The summed E-state index contributed by atoms with van der Waals surface area (Å²) >= 11 is 2.56. The van der Waals surface area contributed by atoms with Gasteiger partial charge in [0.05, 0.1) is 15.4 Å². The van der Waals surface area contributed by atoms with Gasteiger partial charge in [-0.05, 0) is 38.8 Å². The molecule has 0 saturated heterocycles. The summed E-state index contributed by atoms with van der Waals surface area (Å²) < 4.78 is 5.81. The van der Waals surface area contributed by atoms with Crippen LogP contribution in [0.25, 0.3) is 0 Å². The molecule has 142 valence electrons. The van der Waals surface area contributed by atoms with Crippen molar-refractivity contribution in [3.63, 3.8) is 0 Å². The second-order valence-corrected chi connectivity index (χ2v) is 8.27. The van der Waals surface area contributed by atoms with Crippen LogP contribution in [-0.4, -0.2) is 33.9 Å². The molecule has 0 bridgehead atoms. The van der Waals surface area contributed by atoms with E-state index in [1.165, 1.54) is 42.2 Å². The van der Waals surface area contributed by atoms with Crippen molar-refractivity contribution in [2.24, 2.45) is 0 Å². The standard InChI is InChI=1S/C17H17N3O5S2/c1-9-8-26-17(18-9)27-14-6-3-11(7-13(14)20(23)24)16(22)25-10(2)15(21)19-12-4-5-12/h3,6-8,10,12H,4-5H2,1-2H3,(H,19,21)/t10-/m1/s1. The smallest absolute Gasteiger partial charge is 0.339 e. The number of thiazole rings is 1. The Morgan fingerprint density at radius 1 is 1.44 bits per heavy atom. The number of nitrogens with one attached hydrogen (secondary N) is 1. The molecule has 1 fully saturated rings. The molecule has 1 atom stereocenters. The molecule has 0 aliphatic heterocycles. The highest BCUT2D eigenvalue weighted by Crippen LogP contribution is 2.36. The van der Waals surface area contributed by atoms with Crippen LogP contribution in [0.2, 0.25) is 0 Å². The van der Waals surface area contributed by atoms with E-state index in [4.69, 9.17) is 4.74 Å². The first-order valence-corrected chi connectivity index (χ1v) is 9.93. The molecule has 1 aromatic carbocycles. The average Bonchev–Trinajstić information content (AvgIpc) is 3.34. The Bertz CT molecular complexity index is 894. The fourth-order valence-electron chi connectivity index (χ4n) is 2.17. The van der Waals surface area contributed by atoms with E-state index >= 15 is 0 Å². The Hall–Kier alpha value is -2.46. The molecule has 1 saturated carbocycles. The van der Waals surface area contributed by atoms with Crippen LogP contribution in [0.15, 0.2) is 32.8 Å². The van der Waals surface area contributed by atoms with Gasteiger partial charge in [0.1, 0.15) is 0 Å². The van der Waals surface area contributed by atoms with Crippen LogP contribution in [0.3, 0.4) is 0 Å². The lowest BCUT2D eigenvalue weighted by Gasteiger charge is -2.13. The minimum atomic E-state index is -0.968. The quantitative estimate of drug-likeness (QED) is 0.426. The lowest BCUT2D eigenvalue weighted by atomic mass is 10.2. The Labute approximate surface area is 163 Å². The molecular weight excluding hydrogens is 390 g/mol. The molecule has 3 rings (SSSR count). The summed E-state index contributed by atoms with van der Waals surface area (Å²) in [6, 6.07) is 4.26. The maximum absolute atomic E-state index is 12.3. The van der Waals surface area contributed by atoms with Crippen molar-refractivity contribution >= 4 is 40.7 Å². The van der Waals surface area contributed by atoms with Gasteiger partial charge >= 0.3 is 5.97 Å². The number of nitrogens with zero attached hydrogens (tertiary/aromatic N) is 2. The molecule has 10 heteroatoms. The topological polar surface area (TPSA) is 111 Å². The van der Waals surface area contributed by atoms with Gasteiger partial charge in [-0.2, -0.15) is 0 Å². The van der Waals surface area contributed by atoms with E-state index in [2.05, 4.69) is 10.3 Å². The predicted molar refractivity (Wildman–Crippen MR) is 100 cm³/mol. The molecule has 1 aliphatic rings. The van der Waals surface area contributed by atoms with Crippen molar-refractivity contribution in [2.45, 2.75) is 48.1 Å². The first-order valence-electron chi connectivity index (χ1n) is 8.23. The number of hydrogen-bond donors (Lipinski definition) is 1. The van der Waals surface area contributed by atoms with Crippen LogP contribution in [-0.2, 0) is 9.53 Å². The number of aromatic nitrogens is 1. The van der Waals surface area contributed by atoms with Crippen molar-refractivity contribution in [3.05, 3.63) is 45.0 Å². The zero-order valence-corrected chi connectivity index (χ0v) is 16.3. The first kappa shape index (κ1) is 19.3. The number of nitro groups is 1. The number of rotatable bonds is 7. The van der Waals surface area contributed by atoms with Crippen molar-refractivity contribution in [3.8, 4) is 0 Å². The van der Waals surface area contributed by atoms with Crippen molar-refractivity contribution < 1.29 is 19.2 Å². The minimum Gasteiger partial charge on any atom is -0.449 e. The number of esters is 1. The fraction of sp³-hybridized carbons (Fsp3) is 0.353. The van der Waals surface area contributed by atoms with Crippen LogP contribution >= 0.6 is 23.1 Å². The number of nitro benzene ring substituents is 1. The van der Waals surface area contributed by atoms with E-state index < -0.39 is 17.0 Å². The van der Waals surface area contributed by atoms with Crippen molar-refractivity contribution in [1.82, 2.24) is 10.3 Å². The van der Waals surface area contributed by atoms with Crippen molar-refractivity contribution in [1.29, 1.82) is 0 Å². The van der Waals surface area contributed by atoms with E-state index in [1.54, 1.807) is 0 Å². The third-order valence-corrected chi connectivity index (χ3v) is 5.88. The van der Waals surface area contributed by atoms with Crippen LogP contribution in [0.1, 0.15) is 35.8 Å². The Kier molecular flexibility index (Phi) is 5.76. The molecule has 0 radical (unpaired) electrons. The number of hydrogen-bond acceptors (Lipinski definition) is 8. The lowest BCUT2D eigenvalue weighted by molar-refractivity contribution is -0.387. The zero-order chi connectivity index (χ0) is 19.6. The summed E-state index contributed by atoms with van der Waals surface area (Å²) in [6.07, 6.45) is 0.886. The Balaban J connectivity index is 1.73. The van der Waals surface area contributed by atoms with Crippen LogP contribution in [0.5, 0.6) is 0 Å². The first-order chi connectivity index (χ1) is 12.8. The van der Waals surface area contributed by atoms with E-state index in [1.807, 2.05) is 12.3 Å². The van der Waals surface area contributed by atoms with Gasteiger partial charge in [0, 0.05) is 23.2 Å². The van der Waals surface area contributed by atoms with Gasteiger partial charge in [0.15, 0.2) is 10.4 Å². The van der Waals surface area contributed by atoms with Gasteiger partial charge in [0.25, 0.3) is 11.6 Å². The summed E-state index contributed by atoms with van der Waals surface area (Å²) in [5.41, 5.74) is 0.647. The molecule has 1 amide bonds. The Morgan fingerprint density at radius 2 is 2.19 bits per heavy atom. The van der Waals surface area contributed by atoms with Gasteiger partial charge in [-0.15, -0.1) is 11.3 Å². The molecule has 2 aromatic rings. The second-order valence-electron chi connectivity index (χ2n) is 6.13. The lowest BCUT2D eigenvalue weighted by Crippen LogP contribution is -2.37. The van der Waals surface area contributed by atoms with Crippen LogP contribution in [0, 0.1) is 17.0 Å². The fourth-order valence-corrected chi connectivity index (χ4v) is 4.05. The normalized spacial score (nSPS) is 14.4. The van der Waals surface area contributed by atoms with Gasteiger partial charge in [-0.25, -0.2) is 9.78 Å². The molecule has 1 aliphatic carbocycles. The van der Waals surface area contributed by atoms with E-state index in [9.17, 15) is 19.7 Å². The van der Waals surface area contributed by atoms with E-state index in [0.717, 1.165) is 24.6 Å². The number of amides is 1. The monoisotopic (exact) mass is 407 g/mol. The number of aryl methyl sites for hydroxylation is 1. The van der Waals surface area contributed by atoms with Gasteiger partial charge in [0.2, 0.25) is 0 Å². The second kappa shape index (κ2) is 8.05. The number of carbonyl (C=O) groups excluding carboxylic acids is 2. The third kappa shape index (κ3) is 5.04. The maximum atomic E-state index is 12.3. The predicted octanol–water partition coefficient (Wildman–Crippen LogP) is 3.33. The van der Waals surface area contributed by atoms with Crippen LogP contribution in [0.4, 0.5) is 5.69 Å². The van der Waals surface area contributed by atoms with Crippen molar-refractivity contribution in [2.75, 3.05) is 0 Å². The molecule has 8 nitrogen and oxygen atoms in total. The molecular formula is C17H17N3O5S2. The van der Waals surface area contributed by atoms with E-state index in [-0.39, 0.29) is 23.2 Å². The summed E-state index contributed by atoms with van der Waals surface area (Å²) in [6.45, 7) is 3.31. The van der Waals surface area contributed by atoms with Gasteiger partial charge < -0.3 is 10.1 Å². The third-order valence-electron chi connectivity index (χ3n) is 3.76. The molecule has 27 heavy (non-hydrogen) atoms. The number of carbonyl (C=O) groups is 2. The zero-order valence-electron chi connectivity index (χ0n) is 14.6. The highest BCUT2D eigenvalue weighted by Gasteiger charge is 2.28. The minimum absolute atomic E-state index is 0.0208. The highest BCUT2D eigenvalue weighted by molar-refractivity contribution is 8.01. The Morgan fingerprint density at radius 3 is 2.78 bits per heavy atom. The summed E-state index contributed by atoms with van der Waals surface area (Å²) in [5, 5.41) is 16.0. The summed E-state index contributed by atoms with van der Waals surface area (Å²) in [7, 11) is 0.